The number of anilines is 3. The molecule has 4 bridgehead atoms. The molecule has 2 heterocycles. The van der Waals surface area contributed by atoms with Gasteiger partial charge in [-0.2, -0.15) is 0 Å². The Balaban J connectivity index is 1.42. The number of carbonyl (C=O) groups excluding carboxylic acids is 1. The zero-order chi connectivity index (χ0) is 19.3. The highest BCUT2D eigenvalue weighted by molar-refractivity contribution is 5.98. The highest BCUT2D eigenvalue weighted by Gasteiger charge is 2.54. The first-order chi connectivity index (χ1) is 13.5. The Labute approximate surface area is 163 Å². The van der Waals surface area contributed by atoms with Crippen LogP contribution in [0.15, 0.2) is 30.9 Å². The van der Waals surface area contributed by atoms with Crippen molar-refractivity contribution in [3.05, 3.63) is 36.4 Å². The molecule has 2 aromatic rings. The van der Waals surface area contributed by atoms with Gasteiger partial charge in [0.2, 0.25) is 0 Å². The van der Waals surface area contributed by atoms with E-state index in [1.165, 1.54) is 6.20 Å². The molecule has 6 rings (SSSR count). The Morgan fingerprint density at radius 3 is 2.54 bits per heavy atom. The Kier molecular flexibility index (Phi) is 3.97. The molecule has 4 aliphatic carbocycles. The molecule has 2 aromatic heterocycles. The third-order valence-corrected chi connectivity index (χ3v) is 6.55. The van der Waals surface area contributed by atoms with Gasteiger partial charge in [-0.05, 0) is 49.9 Å². The van der Waals surface area contributed by atoms with Crippen molar-refractivity contribution in [3.63, 3.8) is 0 Å². The number of nitrogens with one attached hydrogen (secondary N) is 2. The van der Waals surface area contributed by atoms with E-state index in [1.54, 1.807) is 24.7 Å². The molecule has 0 aliphatic heterocycles. The number of aromatic nitrogens is 3. The van der Waals surface area contributed by atoms with Crippen molar-refractivity contribution in [1.29, 1.82) is 0 Å². The summed E-state index contributed by atoms with van der Waals surface area (Å²) in [7, 11) is 0. The molecule has 4 aliphatic rings. The van der Waals surface area contributed by atoms with Crippen LogP contribution in [-0.2, 0) is 0 Å². The van der Waals surface area contributed by atoms with Crippen LogP contribution < -0.4 is 16.4 Å². The monoisotopic (exact) mass is 380 g/mol. The van der Waals surface area contributed by atoms with Crippen molar-refractivity contribution in [1.82, 2.24) is 15.0 Å². The summed E-state index contributed by atoms with van der Waals surface area (Å²) in [4.78, 5) is 24.5. The normalized spacial score (nSPS) is 32.9. The first-order valence-corrected chi connectivity index (χ1v) is 9.81. The quantitative estimate of drug-likeness (QED) is 0.625. The molecule has 146 valence electrons. The van der Waals surface area contributed by atoms with Crippen molar-refractivity contribution in [2.24, 2.45) is 23.5 Å². The number of nitrogens with zero attached hydrogens (tertiary/aromatic N) is 3. The van der Waals surface area contributed by atoms with Crippen LogP contribution in [0.4, 0.5) is 17.3 Å². The van der Waals surface area contributed by atoms with Gasteiger partial charge in [-0.15, -0.1) is 0 Å². The number of carbonyl (C=O) groups is 1. The van der Waals surface area contributed by atoms with Gasteiger partial charge in [-0.25, -0.2) is 9.97 Å². The Bertz CT molecular complexity index is 889. The van der Waals surface area contributed by atoms with E-state index in [2.05, 4.69) is 25.6 Å². The second-order valence-corrected chi connectivity index (χ2v) is 8.56. The maximum atomic E-state index is 11.9. The third kappa shape index (κ3) is 3.07. The lowest BCUT2D eigenvalue weighted by atomic mass is 9.52. The molecule has 1 amide bonds. The second kappa shape index (κ2) is 6.41. The van der Waals surface area contributed by atoms with Gasteiger partial charge in [0.25, 0.3) is 5.91 Å². The minimum Gasteiger partial charge on any atom is -0.390 e. The van der Waals surface area contributed by atoms with E-state index in [-0.39, 0.29) is 6.04 Å². The molecule has 3 unspecified atom stereocenters. The summed E-state index contributed by atoms with van der Waals surface area (Å²) in [6.45, 7) is 0. The highest BCUT2D eigenvalue weighted by atomic mass is 16.3. The smallest absolute Gasteiger partial charge is 0.252 e. The van der Waals surface area contributed by atoms with Gasteiger partial charge in [0.05, 0.1) is 23.0 Å². The molecule has 0 radical (unpaired) electrons. The van der Waals surface area contributed by atoms with Crippen LogP contribution in [0.5, 0.6) is 0 Å². The fraction of sp³-hybridized carbons (Fsp3) is 0.500. The van der Waals surface area contributed by atoms with E-state index in [1.807, 2.05) is 0 Å². The maximum Gasteiger partial charge on any atom is 0.252 e. The zero-order valence-corrected chi connectivity index (χ0v) is 15.5. The number of rotatable bonds is 5. The number of amides is 1. The number of nitrogens with two attached hydrogens (primary N) is 1. The Morgan fingerprint density at radius 1 is 1.11 bits per heavy atom. The predicted molar refractivity (Wildman–Crippen MR) is 104 cm³/mol. The molecule has 0 saturated heterocycles. The second-order valence-electron chi connectivity index (χ2n) is 8.56. The van der Waals surface area contributed by atoms with E-state index in [4.69, 9.17) is 5.73 Å². The molecule has 8 heteroatoms. The van der Waals surface area contributed by atoms with Gasteiger partial charge >= 0.3 is 0 Å². The van der Waals surface area contributed by atoms with Crippen LogP contribution in [0.1, 0.15) is 42.5 Å². The molecule has 4 saturated carbocycles. The Morgan fingerprint density at radius 2 is 1.89 bits per heavy atom. The largest absolute Gasteiger partial charge is 0.390 e. The van der Waals surface area contributed by atoms with Gasteiger partial charge in [-0.3, -0.25) is 9.78 Å². The number of primary amides is 1. The minimum atomic E-state index is -0.511. The standard InChI is InChI=1S/C20H24N6O2/c21-19(27)14-9-24-16(26-17-10-22-1-2-23-17)5-15(14)25-18-12-3-11-4-13(18)8-20(28,6-11)7-12/h1-2,5,9-13,18,28H,3-4,6-8H2,(H2,21,27)(H2,23,24,25,26)/t11?,12-,13+,18?,20?. The SMILES string of the molecule is NC(=O)c1cnc(Nc2cnccn2)cc1NC1[C@@H]2CC3C[C@H]1CC(O)(C3)C2. The van der Waals surface area contributed by atoms with Gasteiger partial charge in [0.15, 0.2) is 0 Å². The fourth-order valence-corrected chi connectivity index (χ4v) is 5.73. The first-order valence-electron chi connectivity index (χ1n) is 9.81. The molecule has 0 aromatic carbocycles. The van der Waals surface area contributed by atoms with Gasteiger partial charge in [-0.1, -0.05) is 0 Å². The first kappa shape index (κ1) is 17.4. The molecule has 8 nitrogen and oxygen atoms in total. The molecular weight excluding hydrogens is 356 g/mol. The minimum absolute atomic E-state index is 0.238. The van der Waals surface area contributed by atoms with Crippen LogP contribution in [0.25, 0.3) is 0 Å². The summed E-state index contributed by atoms with van der Waals surface area (Å²) in [5, 5.41) is 17.5. The summed E-state index contributed by atoms with van der Waals surface area (Å²) >= 11 is 0. The summed E-state index contributed by atoms with van der Waals surface area (Å²) in [5.74, 6) is 2.09. The van der Waals surface area contributed by atoms with Gasteiger partial charge in [0.1, 0.15) is 11.6 Å². The lowest BCUT2D eigenvalue weighted by molar-refractivity contribution is -0.129. The molecule has 5 N–H and O–H groups in total. The lowest BCUT2D eigenvalue weighted by Gasteiger charge is -2.58. The van der Waals surface area contributed by atoms with E-state index in [0.717, 1.165) is 32.1 Å². The number of pyridine rings is 1. The van der Waals surface area contributed by atoms with Crippen LogP contribution in [0, 0.1) is 17.8 Å². The van der Waals surface area contributed by atoms with Crippen LogP contribution in [0.3, 0.4) is 0 Å². The molecular formula is C20H24N6O2. The predicted octanol–water partition coefficient (Wildman–Crippen LogP) is 2.07. The van der Waals surface area contributed by atoms with E-state index < -0.39 is 11.5 Å². The third-order valence-electron chi connectivity index (χ3n) is 6.55. The average Bonchev–Trinajstić information content (AvgIpc) is 2.64. The summed E-state index contributed by atoms with van der Waals surface area (Å²) < 4.78 is 0. The van der Waals surface area contributed by atoms with Crippen molar-refractivity contribution in [2.45, 2.75) is 43.7 Å². The summed E-state index contributed by atoms with van der Waals surface area (Å²) in [5.41, 5.74) is 6.15. The molecule has 5 atom stereocenters. The lowest BCUT2D eigenvalue weighted by Crippen LogP contribution is -2.59. The van der Waals surface area contributed by atoms with Gasteiger partial charge in [0, 0.05) is 30.7 Å². The summed E-state index contributed by atoms with van der Waals surface area (Å²) in [6, 6.07) is 2.04. The van der Waals surface area contributed by atoms with E-state index >= 15 is 0 Å². The van der Waals surface area contributed by atoms with Crippen molar-refractivity contribution < 1.29 is 9.90 Å². The summed E-state index contributed by atoms with van der Waals surface area (Å²) in [6.07, 6.45) is 11.2. The molecule has 28 heavy (non-hydrogen) atoms. The van der Waals surface area contributed by atoms with Crippen molar-refractivity contribution >= 4 is 23.2 Å². The van der Waals surface area contributed by atoms with Crippen LogP contribution >= 0.6 is 0 Å². The highest BCUT2D eigenvalue weighted by Crippen LogP contribution is 2.56. The fourth-order valence-electron chi connectivity index (χ4n) is 5.73. The van der Waals surface area contributed by atoms with Crippen LogP contribution in [-0.4, -0.2) is 37.6 Å². The molecule has 4 fully saturated rings. The van der Waals surface area contributed by atoms with Crippen molar-refractivity contribution in [2.75, 3.05) is 10.6 Å². The topological polar surface area (TPSA) is 126 Å². The number of aliphatic hydroxyl groups is 1. The zero-order valence-electron chi connectivity index (χ0n) is 15.5. The van der Waals surface area contributed by atoms with E-state index in [0.29, 0.717) is 40.6 Å². The van der Waals surface area contributed by atoms with Crippen molar-refractivity contribution in [3.8, 4) is 0 Å². The number of hydrogen-bond acceptors (Lipinski definition) is 7. The van der Waals surface area contributed by atoms with E-state index in [9.17, 15) is 9.90 Å². The maximum absolute atomic E-state index is 11.9. The number of hydrogen-bond donors (Lipinski definition) is 4. The average molecular weight is 380 g/mol. The Hall–Kier alpha value is -2.74. The molecule has 0 spiro atoms. The van der Waals surface area contributed by atoms with Gasteiger partial charge < -0.3 is 21.5 Å². The van der Waals surface area contributed by atoms with Crippen LogP contribution in [0.2, 0.25) is 0 Å².